The molecule has 0 aliphatic rings. The van der Waals surface area contributed by atoms with Gasteiger partial charge in [0.1, 0.15) is 0 Å². The molecule has 0 radical (unpaired) electrons. The van der Waals surface area contributed by atoms with Crippen molar-refractivity contribution in [1.82, 2.24) is 0 Å². The predicted octanol–water partition coefficient (Wildman–Crippen LogP) is 0.228. The minimum atomic E-state index is -1.20. The van der Waals surface area contributed by atoms with Gasteiger partial charge in [-0.25, -0.2) is 4.79 Å². The lowest BCUT2D eigenvalue weighted by Crippen LogP contribution is -2.20. The molecule has 0 saturated heterocycles. The van der Waals surface area contributed by atoms with E-state index in [0.29, 0.717) is 0 Å². The van der Waals surface area contributed by atoms with E-state index in [-0.39, 0.29) is 0 Å². The number of Topliss-reactive ketones (excluding diaryl/α,β-unsaturated/α-hetero) is 1. The topological polar surface area (TPSA) is 63.6 Å². The second-order valence-electron chi connectivity index (χ2n) is 1.90. The minimum absolute atomic E-state index is 0.426. The summed E-state index contributed by atoms with van der Waals surface area (Å²) in [5.41, 5.74) is 0. The van der Waals surface area contributed by atoms with E-state index in [0.717, 1.165) is 0 Å². The summed E-state index contributed by atoms with van der Waals surface area (Å²) in [4.78, 5) is 23.8. The number of carbonyl (C=O) groups excluding carboxylic acids is 2. The lowest BCUT2D eigenvalue weighted by Gasteiger charge is -1.96. The molecule has 0 rings (SSSR count). The Morgan fingerprint density at radius 1 is 1.44 bits per heavy atom. The highest BCUT2D eigenvalue weighted by Gasteiger charge is 2.18. The van der Waals surface area contributed by atoms with Crippen LogP contribution in [-0.4, -0.2) is 17.0 Å². The van der Waals surface area contributed by atoms with Crippen molar-refractivity contribution in [3.05, 3.63) is 0 Å². The quantitative estimate of drug-likeness (QED) is 0.332. The summed E-state index contributed by atoms with van der Waals surface area (Å²) in [7, 11) is 0. The molecule has 9 heavy (non-hydrogen) atoms. The molecule has 0 aliphatic heterocycles. The second-order valence-corrected chi connectivity index (χ2v) is 1.90. The first-order valence-electron chi connectivity index (χ1n) is 2.49. The maximum atomic E-state index is 10.4. The van der Waals surface area contributed by atoms with Crippen molar-refractivity contribution in [3.63, 3.8) is 0 Å². The molecule has 0 spiro atoms. The summed E-state index contributed by atoms with van der Waals surface area (Å²) < 4.78 is 0. The Morgan fingerprint density at radius 2 is 1.89 bits per heavy atom. The van der Waals surface area contributed by atoms with Crippen LogP contribution in [0, 0.1) is 5.92 Å². The van der Waals surface area contributed by atoms with Gasteiger partial charge >= 0.3 is 5.97 Å². The maximum Gasteiger partial charge on any atom is 0.408 e. The fourth-order valence-electron chi connectivity index (χ4n) is 0.281. The zero-order valence-corrected chi connectivity index (χ0v) is 5.25. The van der Waals surface area contributed by atoms with Gasteiger partial charge in [0.25, 0.3) is 0 Å². The molecular formula is C5H8O4. The number of hydrogen-bond acceptors (Lipinski definition) is 4. The molecule has 0 bridgehead atoms. The van der Waals surface area contributed by atoms with Gasteiger partial charge in [0.05, 0.1) is 0 Å². The Kier molecular flexibility index (Phi) is 2.87. The Balaban J connectivity index is 3.89. The molecule has 4 heteroatoms. The molecule has 0 aromatic carbocycles. The van der Waals surface area contributed by atoms with Crippen molar-refractivity contribution in [2.24, 2.45) is 5.92 Å². The van der Waals surface area contributed by atoms with Crippen LogP contribution in [0.25, 0.3) is 0 Å². The summed E-state index contributed by atoms with van der Waals surface area (Å²) in [5, 5.41) is 7.68. The van der Waals surface area contributed by atoms with E-state index in [1.807, 2.05) is 0 Å². The van der Waals surface area contributed by atoms with Gasteiger partial charge in [0.15, 0.2) is 0 Å². The summed E-state index contributed by atoms with van der Waals surface area (Å²) in [5.74, 6) is -2.35. The Morgan fingerprint density at radius 3 is 2.00 bits per heavy atom. The van der Waals surface area contributed by atoms with Gasteiger partial charge in [-0.05, 0) is 0 Å². The molecule has 1 N–H and O–H groups in total. The van der Waals surface area contributed by atoms with Crippen molar-refractivity contribution >= 4 is 11.8 Å². The highest BCUT2D eigenvalue weighted by atomic mass is 17.1. The second kappa shape index (κ2) is 3.19. The largest absolute Gasteiger partial charge is 0.408 e. The maximum absolute atomic E-state index is 10.4. The molecule has 0 aromatic heterocycles. The Bertz CT molecular complexity index is 127. The number of hydrogen-bond donors (Lipinski definition) is 1. The molecule has 0 amide bonds. The fraction of sp³-hybridized carbons (Fsp3) is 0.600. The standard InChI is InChI=1S/C5H8O4/c1-3(2)4(6)5(7)9-8/h3,8H,1-2H3. The van der Waals surface area contributed by atoms with Crippen LogP contribution in [0.2, 0.25) is 0 Å². The van der Waals surface area contributed by atoms with E-state index in [2.05, 4.69) is 4.89 Å². The zero-order chi connectivity index (χ0) is 7.44. The normalized spacial score (nSPS) is 9.33. The third kappa shape index (κ3) is 2.23. The molecular weight excluding hydrogens is 124 g/mol. The first-order valence-corrected chi connectivity index (χ1v) is 2.49. The van der Waals surface area contributed by atoms with Gasteiger partial charge in [-0.2, -0.15) is 5.26 Å². The van der Waals surface area contributed by atoms with Gasteiger partial charge in [-0.15, -0.1) is 0 Å². The van der Waals surface area contributed by atoms with E-state index in [4.69, 9.17) is 5.26 Å². The molecule has 0 heterocycles. The van der Waals surface area contributed by atoms with E-state index in [1.54, 1.807) is 13.8 Å². The zero-order valence-electron chi connectivity index (χ0n) is 5.25. The van der Waals surface area contributed by atoms with Gasteiger partial charge in [0.2, 0.25) is 5.78 Å². The lowest BCUT2D eigenvalue weighted by molar-refractivity contribution is -0.232. The van der Waals surface area contributed by atoms with Crippen molar-refractivity contribution in [1.29, 1.82) is 0 Å². The molecule has 0 aliphatic carbocycles. The van der Waals surface area contributed by atoms with E-state index < -0.39 is 17.7 Å². The predicted molar refractivity (Wildman–Crippen MR) is 28.6 cm³/mol. The monoisotopic (exact) mass is 132 g/mol. The smallest absolute Gasteiger partial charge is 0.292 e. The summed E-state index contributed by atoms with van der Waals surface area (Å²) >= 11 is 0. The van der Waals surface area contributed by atoms with Crippen LogP contribution in [0.15, 0.2) is 0 Å². The van der Waals surface area contributed by atoms with Gasteiger partial charge in [-0.3, -0.25) is 9.68 Å². The van der Waals surface area contributed by atoms with Crippen LogP contribution in [-0.2, 0) is 14.5 Å². The highest BCUT2D eigenvalue weighted by Crippen LogP contribution is 1.94. The number of ketones is 1. The molecule has 4 nitrogen and oxygen atoms in total. The number of rotatable bonds is 2. The molecule has 52 valence electrons. The molecule has 0 fully saturated rings. The van der Waals surface area contributed by atoms with E-state index in [1.165, 1.54) is 0 Å². The van der Waals surface area contributed by atoms with Gasteiger partial charge < -0.3 is 0 Å². The molecule has 0 aromatic rings. The van der Waals surface area contributed by atoms with Gasteiger partial charge in [0, 0.05) is 5.92 Å². The Hall–Kier alpha value is -0.900. The SMILES string of the molecule is CC(C)C(=O)C(=O)OO. The van der Waals surface area contributed by atoms with Crippen molar-refractivity contribution < 1.29 is 19.7 Å². The third-order valence-electron chi connectivity index (χ3n) is 0.808. The molecule has 0 saturated carbocycles. The van der Waals surface area contributed by atoms with E-state index in [9.17, 15) is 9.59 Å². The van der Waals surface area contributed by atoms with Crippen LogP contribution in [0.3, 0.4) is 0 Å². The van der Waals surface area contributed by atoms with Crippen molar-refractivity contribution in [3.8, 4) is 0 Å². The average molecular weight is 132 g/mol. The molecule has 0 unspecified atom stereocenters. The molecule has 0 atom stereocenters. The lowest BCUT2D eigenvalue weighted by atomic mass is 10.1. The van der Waals surface area contributed by atoms with Crippen LogP contribution >= 0.6 is 0 Å². The minimum Gasteiger partial charge on any atom is -0.292 e. The summed E-state index contributed by atoms with van der Waals surface area (Å²) in [6.45, 7) is 3.08. The first-order chi connectivity index (χ1) is 4.09. The Labute approximate surface area is 52.4 Å². The fourth-order valence-corrected chi connectivity index (χ4v) is 0.281. The highest BCUT2D eigenvalue weighted by molar-refractivity contribution is 6.34. The number of carbonyl (C=O) groups is 2. The van der Waals surface area contributed by atoms with Crippen LogP contribution in [0.1, 0.15) is 13.8 Å². The summed E-state index contributed by atoms with van der Waals surface area (Å²) in [6, 6.07) is 0. The van der Waals surface area contributed by atoms with Gasteiger partial charge in [-0.1, -0.05) is 13.8 Å². The van der Waals surface area contributed by atoms with Crippen LogP contribution in [0.5, 0.6) is 0 Å². The third-order valence-corrected chi connectivity index (χ3v) is 0.808. The summed E-state index contributed by atoms with van der Waals surface area (Å²) in [6.07, 6.45) is 0. The average Bonchev–Trinajstić information content (AvgIpc) is 1.84. The van der Waals surface area contributed by atoms with E-state index >= 15 is 0 Å². The van der Waals surface area contributed by atoms with Crippen LogP contribution < -0.4 is 0 Å². The van der Waals surface area contributed by atoms with Crippen molar-refractivity contribution in [2.75, 3.05) is 0 Å². The first kappa shape index (κ1) is 8.10. The van der Waals surface area contributed by atoms with Crippen molar-refractivity contribution in [2.45, 2.75) is 13.8 Å². The van der Waals surface area contributed by atoms with Crippen LogP contribution in [0.4, 0.5) is 0 Å².